The number of rotatable bonds is 7. The number of anilines is 2. The Bertz CT molecular complexity index is 1160. The molecule has 34 heavy (non-hydrogen) atoms. The molecule has 10 heteroatoms. The fraction of sp³-hybridized carbons (Fsp3) is 0.458. The van der Waals surface area contributed by atoms with Gasteiger partial charge in [-0.25, -0.2) is 18.4 Å². The number of hydrogen-bond acceptors (Lipinski definition) is 7. The molecule has 5 rings (SSSR count). The largest absolute Gasteiger partial charge is 0.481 e. The van der Waals surface area contributed by atoms with Gasteiger partial charge in [0.05, 0.1) is 13.2 Å². The number of methoxy groups -OCH3 is 1. The highest BCUT2D eigenvalue weighted by Crippen LogP contribution is 2.40. The summed E-state index contributed by atoms with van der Waals surface area (Å²) < 4.78 is 39.6. The molecule has 2 aromatic heterocycles. The van der Waals surface area contributed by atoms with Gasteiger partial charge in [0.25, 0.3) is 0 Å². The fourth-order valence-electron chi connectivity index (χ4n) is 4.95. The quantitative estimate of drug-likeness (QED) is 0.538. The van der Waals surface area contributed by atoms with Crippen molar-refractivity contribution in [3.05, 3.63) is 48.2 Å². The van der Waals surface area contributed by atoms with Crippen molar-refractivity contribution >= 4 is 11.6 Å². The smallest absolute Gasteiger partial charge is 0.322 e. The Hall–Kier alpha value is -3.43. The van der Waals surface area contributed by atoms with Crippen molar-refractivity contribution in [3.8, 4) is 17.6 Å². The van der Waals surface area contributed by atoms with Crippen LogP contribution < -0.4 is 19.7 Å². The van der Waals surface area contributed by atoms with E-state index in [0.29, 0.717) is 23.7 Å². The van der Waals surface area contributed by atoms with Gasteiger partial charge < -0.3 is 19.7 Å². The number of nitrogens with one attached hydrogen (secondary N) is 1. The lowest BCUT2D eigenvalue weighted by molar-refractivity contribution is 0.371. The van der Waals surface area contributed by atoms with E-state index in [-0.39, 0.29) is 23.8 Å². The van der Waals surface area contributed by atoms with Crippen molar-refractivity contribution in [2.75, 3.05) is 30.4 Å². The van der Waals surface area contributed by atoms with Crippen LogP contribution in [-0.4, -0.2) is 46.0 Å². The normalized spacial score (nSPS) is 21.7. The van der Waals surface area contributed by atoms with E-state index in [1.807, 2.05) is 26.0 Å². The summed E-state index contributed by atoms with van der Waals surface area (Å²) in [7, 11) is 1.62. The van der Waals surface area contributed by atoms with Gasteiger partial charge in [-0.05, 0) is 56.7 Å². The van der Waals surface area contributed by atoms with E-state index in [9.17, 15) is 8.78 Å². The topological polar surface area (TPSA) is 77.3 Å². The molecular formula is C24H28F2N6O2. The second-order valence-corrected chi connectivity index (χ2v) is 9.16. The van der Waals surface area contributed by atoms with Crippen LogP contribution in [0.1, 0.15) is 32.7 Å². The zero-order valence-corrected chi connectivity index (χ0v) is 19.4. The SMILES string of the molecule is COc1cc(N2CC3CCC(C2)C3Nc2nc(Oc3ccc(F)c(F)c3)n(C(C)C)n2)ccn1. The monoisotopic (exact) mass is 470 g/mol. The number of pyridine rings is 1. The van der Waals surface area contributed by atoms with Crippen LogP contribution in [0, 0.1) is 23.5 Å². The van der Waals surface area contributed by atoms with Crippen molar-refractivity contribution in [1.29, 1.82) is 0 Å². The molecule has 3 aromatic rings. The van der Waals surface area contributed by atoms with E-state index in [1.54, 1.807) is 18.0 Å². The summed E-state index contributed by atoms with van der Waals surface area (Å²) in [6.45, 7) is 5.76. The maximum absolute atomic E-state index is 13.6. The van der Waals surface area contributed by atoms with Crippen LogP contribution in [0.2, 0.25) is 0 Å². The molecule has 2 atom stereocenters. The molecule has 1 aromatic carbocycles. The molecule has 1 N–H and O–H groups in total. The Morgan fingerprint density at radius 2 is 1.82 bits per heavy atom. The average Bonchev–Trinajstić information content (AvgIpc) is 3.32. The molecule has 8 nitrogen and oxygen atoms in total. The lowest BCUT2D eigenvalue weighted by atomic mass is 9.92. The van der Waals surface area contributed by atoms with Gasteiger partial charge in [-0.3, -0.25) is 0 Å². The zero-order chi connectivity index (χ0) is 23.8. The second kappa shape index (κ2) is 9.08. The Balaban J connectivity index is 1.32. The first-order valence-corrected chi connectivity index (χ1v) is 11.5. The first kappa shape index (κ1) is 22.4. The Morgan fingerprint density at radius 3 is 2.50 bits per heavy atom. The first-order valence-electron chi connectivity index (χ1n) is 11.5. The lowest BCUT2D eigenvalue weighted by Gasteiger charge is -2.39. The molecule has 2 unspecified atom stereocenters. The van der Waals surface area contributed by atoms with Crippen LogP contribution in [0.4, 0.5) is 20.4 Å². The fourth-order valence-corrected chi connectivity index (χ4v) is 4.95. The number of halogens is 2. The summed E-state index contributed by atoms with van der Waals surface area (Å²) in [4.78, 5) is 11.1. The standard InChI is InChI=1S/C24H28F2N6O2/c1-14(2)32-24(34-18-6-7-19(25)20(26)11-18)29-23(30-32)28-22-15-4-5-16(22)13-31(12-15)17-8-9-27-21(10-17)33-3/h6-11,14-16,22H,4-5,12-13H2,1-3H3,(H,28,30). The lowest BCUT2D eigenvalue weighted by Crippen LogP contribution is -2.48. The van der Waals surface area contributed by atoms with E-state index in [4.69, 9.17) is 9.47 Å². The molecule has 0 amide bonds. The Morgan fingerprint density at radius 1 is 1.06 bits per heavy atom. The van der Waals surface area contributed by atoms with E-state index < -0.39 is 11.6 Å². The highest BCUT2D eigenvalue weighted by Gasteiger charge is 2.42. The molecule has 1 saturated carbocycles. The Labute approximate surface area is 196 Å². The summed E-state index contributed by atoms with van der Waals surface area (Å²) in [6.07, 6.45) is 4.03. The summed E-state index contributed by atoms with van der Waals surface area (Å²) in [5, 5.41) is 8.14. The van der Waals surface area contributed by atoms with Crippen LogP contribution in [-0.2, 0) is 0 Å². The van der Waals surface area contributed by atoms with Crippen molar-refractivity contribution in [2.24, 2.45) is 11.8 Å². The minimum Gasteiger partial charge on any atom is -0.481 e. The third-order valence-corrected chi connectivity index (χ3v) is 6.61. The minimum absolute atomic E-state index is 0.0245. The number of hydrogen-bond donors (Lipinski definition) is 1. The number of piperidine rings is 1. The molecule has 1 aliphatic carbocycles. The molecule has 0 spiro atoms. The molecule has 0 radical (unpaired) electrons. The van der Waals surface area contributed by atoms with Crippen molar-refractivity contribution in [1.82, 2.24) is 19.7 Å². The van der Waals surface area contributed by atoms with Gasteiger partial charge >= 0.3 is 6.01 Å². The third-order valence-electron chi connectivity index (χ3n) is 6.61. The van der Waals surface area contributed by atoms with Gasteiger partial charge in [-0.1, -0.05) is 0 Å². The molecule has 3 heterocycles. The average molecular weight is 471 g/mol. The van der Waals surface area contributed by atoms with Gasteiger partial charge in [0.15, 0.2) is 11.6 Å². The van der Waals surface area contributed by atoms with Crippen LogP contribution in [0.3, 0.4) is 0 Å². The highest BCUT2D eigenvalue weighted by molar-refractivity contribution is 5.49. The van der Waals surface area contributed by atoms with Crippen LogP contribution >= 0.6 is 0 Å². The predicted molar refractivity (Wildman–Crippen MR) is 123 cm³/mol. The Kier molecular flexibility index (Phi) is 5.97. The molecule has 180 valence electrons. The summed E-state index contributed by atoms with van der Waals surface area (Å²) in [5.41, 5.74) is 1.12. The molecule has 2 bridgehead atoms. The van der Waals surface area contributed by atoms with Crippen LogP contribution in [0.25, 0.3) is 0 Å². The van der Waals surface area contributed by atoms with E-state index in [1.165, 1.54) is 6.07 Å². The second-order valence-electron chi connectivity index (χ2n) is 9.16. The molecule has 2 aliphatic rings. The number of benzene rings is 1. The number of ether oxygens (including phenoxy) is 2. The van der Waals surface area contributed by atoms with Gasteiger partial charge in [0.1, 0.15) is 5.75 Å². The maximum Gasteiger partial charge on any atom is 0.322 e. The molecule has 2 fully saturated rings. The number of nitrogens with zero attached hydrogens (tertiary/aromatic N) is 5. The van der Waals surface area contributed by atoms with E-state index in [0.717, 1.165) is 43.8 Å². The summed E-state index contributed by atoms with van der Waals surface area (Å²) in [6, 6.07) is 7.86. The summed E-state index contributed by atoms with van der Waals surface area (Å²) in [5.74, 6) is 0.253. The van der Waals surface area contributed by atoms with Gasteiger partial charge in [0, 0.05) is 43.1 Å². The predicted octanol–water partition coefficient (Wildman–Crippen LogP) is 4.66. The minimum atomic E-state index is -0.971. The number of aromatic nitrogens is 4. The summed E-state index contributed by atoms with van der Waals surface area (Å²) >= 11 is 0. The molecular weight excluding hydrogens is 442 g/mol. The maximum atomic E-state index is 13.6. The third kappa shape index (κ3) is 4.36. The van der Waals surface area contributed by atoms with Gasteiger partial charge in [-0.15, -0.1) is 5.10 Å². The van der Waals surface area contributed by atoms with Crippen LogP contribution in [0.15, 0.2) is 36.5 Å². The zero-order valence-electron chi connectivity index (χ0n) is 19.4. The van der Waals surface area contributed by atoms with Crippen LogP contribution in [0.5, 0.6) is 17.6 Å². The van der Waals surface area contributed by atoms with Gasteiger partial charge in [0.2, 0.25) is 11.8 Å². The number of fused-ring (bicyclic) bond motifs is 2. The van der Waals surface area contributed by atoms with Crippen molar-refractivity contribution < 1.29 is 18.3 Å². The molecule has 1 saturated heterocycles. The van der Waals surface area contributed by atoms with E-state index in [2.05, 4.69) is 25.3 Å². The van der Waals surface area contributed by atoms with Gasteiger partial charge in [-0.2, -0.15) is 4.98 Å². The highest BCUT2D eigenvalue weighted by atomic mass is 19.2. The van der Waals surface area contributed by atoms with Crippen molar-refractivity contribution in [2.45, 2.75) is 38.8 Å². The molecule has 1 aliphatic heterocycles. The first-order chi connectivity index (χ1) is 16.4. The van der Waals surface area contributed by atoms with Crippen molar-refractivity contribution in [3.63, 3.8) is 0 Å². The van der Waals surface area contributed by atoms with E-state index >= 15 is 0 Å².